The molecule has 3 aromatic carbocycles. The lowest BCUT2D eigenvalue weighted by Gasteiger charge is -2.35. The van der Waals surface area contributed by atoms with Crippen LogP contribution in [0.4, 0.5) is 0 Å². The van der Waals surface area contributed by atoms with Gasteiger partial charge >= 0.3 is 0 Å². The SMILES string of the molecule is CC1=CC(Cc2ccccc2)(c2ccccc2)SC(c2ccccc2)=C1. The number of hydrogen-bond donors (Lipinski definition) is 0. The van der Waals surface area contributed by atoms with Crippen molar-refractivity contribution in [3.8, 4) is 0 Å². The highest BCUT2D eigenvalue weighted by Crippen LogP contribution is 2.51. The molecular weight excluding hydrogens is 332 g/mol. The zero-order chi connectivity index (χ0) is 17.8. The van der Waals surface area contributed by atoms with E-state index in [0.717, 1.165) is 6.42 Å². The van der Waals surface area contributed by atoms with Crippen molar-refractivity contribution in [2.75, 3.05) is 0 Å². The molecular formula is C25H22S. The van der Waals surface area contributed by atoms with Crippen molar-refractivity contribution in [3.63, 3.8) is 0 Å². The van der Waals surface area contributed by atoms with E-state index in [1.54, 1.807) is 0 Å². The van der Waals surface area contributed by atoms with Crippen LogP contribution in [-0.4, -0.2) is 0 Å². The Morgan fingerprint density at radius 2 is 1.31 bits per heavy atom. The quantitative estimate of drug-likeness (QED) is 0.493. The number of thioether (sulfide) groups is 1. The molecule has 0 N–H and O–H groups in total. The minimum Gasteiger partial charge on any atom is -0.109 e. The highest BCUT2D eigenvalue weighted by molar-refractivity contribution is 8.09. The third-order valence-corrected chi connectivity index (χ3v) is 6.18. The van der Waals surface area contributed by atoms with Crippen LogP contribution < -0.4 is 0 Å². The average Bonchev–Trinajstić information content (AvgIpc) is 2.70. The molecule has 0 fully saturated rings. The standard InChI is InChI=1S/C25H22S/c1-20-17-24(22-13-7-3-8-14-22)26-25(18-20,23-15-9-4-10-16-23)19-21-11-5-2-6-12-21/h2-18H,19H2,1H3. The van der Waals surface area contributed by atoms with Crippen LogP contribution in [-0.2, 0) is 11.2 Å². The highest BCUT2D eigenvalue weighted by atomic mass is 32.2. The molecule has 0 spiro atoms. The van der Waals surface area contributed by atoms with E-state index in [1.165, 1.54) is 27.2 Å². The van der Waals surface area contributed by atoms with E-state index in [4.69, 9.17) is 0 Å². The molecule has 0 saturated heterocycles. The van der Waals surface area contributed by atoms with Crippen LogP contribution in [0, 0.1) is 0 Å². The van der Waals surface area contributed by atoms with E-state index in [0.29, 0.717) is 0 Å². The smallest absolute Gasteiger partial charge is 0.0681 e. The second-order valence-electron chi connectivity index (χ2n) is 6.78. The van der Waals surface area contributed by atoms with Gasteiger partial charge in [0.2, 0.25) is 0 Å². The van der Waals surface area contributed by atoms with Gasteiger partial charge in [0.1, 0.15) is 0 Å². The van der Waals surface area contributed by atoms with Crippen molar-refractivity contribution in [3.05, 3.63) is 125 Å². The van der Waals surface area contributed by atoms with Gasteiger partial charge in [0.25, 0.3) is 0 Å². The molecule has 0 radical (unpaired) electrons. The van der Waals surface area contributed by atoms with Gasteiger partial charge in [-0.3, -0.25) is 0 Å². The number of hydrogen-bond acceptors (Lipinski definition) is 1. The summed E-state index contributed by atoms with van der Waals surface area (Å²) in [7, 11) is 0. The van der Waals surface area contributed by atoms with Crippen LogP contribution in [0.5, 0.6) is 0 Å². The molecule has 3 aromatic rings. The van der Waals surface area contributed by atoms with Gasteiger partial charge in [0, 0.05) is 4.91 Å². The fraction of sp³-hybridized carbons (Fsp3) is 0.120. The summed E-state index contributed by atoms with van der Waals surface area (Å²) < 4.78 is -0.0907. The first kappa shape index (κ1) is 16.9. The fourth-order valence-electron chi connectivity index (χ4n) is 3.57. The first-order chi connectivity index (χ1) is 12.8. The lowest BCUT2D eigenvalue weighted by Crippen LogP contribution is -2.24. The zero-order valence-electron chi connectivity index (χ0n) is 14.9. The van der Waals surface area contributed by atoms with Gasteiger partial charge in [0.05, 0.1) is 4.75 Å². The second-order valence-corrected chi connectivity index (χ2v) is 8.16. The molecule has 0 aliphatic carbocycles. The monoisotopic (exact) mass is 354 g/mol. The molecule has 1 heterocycles. The minimum absolute atomic E-state index is 0.0907. The van der Waals surface area contributed by atoms with E-state index in [-0.39, 0.29) is 4.75 Å². The molecule has 1 aliphatic rings. The molecule has 4 rings (SSSR count). The van der Waals surface area contributed by atoms with E-state index in [2.05, 4.69) is 110 Å². The maximum atomic E-state index is 2.44. The Morgan fingerprint density at radius 1 is 0.731 bits per heavy atom. The number of benzene rings is 3. The Balaban J connectivity index is 1.80. The molecule has 0 nitrogen and oxygen atoms in total. The summed E-state index contributed by atoms with van der Waals surface area (Å²) in [4.78, 5) is 1.34. The van der Waals surface area contributed by atoms with E-state index in [9.17, 15) is 0 Å². The molecule has 1 atom stereocenters. The molecule has 1 heteroatoms. The number of allylic oxidation sites excluding steroid dienone is 2. The van der Waals surface area contributed by atoms with Crippen LogP contribution in [0.2, 0.25) is 0 Å². The summed E-state index contributed by atoms with van der Waals surface area (Å²) in [6, 6.07) is 32.4. The maximum absolute atomic E-state index is 2.44. The largest absolute Gasteiger partial charge is 0.109 e. The van der Waals surface area contributed by atoms with Crippen molar-refractivity contribution >= 4 is 16.7 Å². The highest BCUT2D eigenvalue weighted by Gasteiger charge is 2.34. The van der Waals surface area contributed by atoms with Gasteiger partial charge in [0.15, 0.2) is 0 Å². The van der Waals surface area contributed by atoms with E-state index < -0.39 is 0 Å². The predicted molar refractivity (Wildman–Crippen MR) is 114 cm³/mol. The van der Waals surface area contributed by atoms with Crippen LogP contribution in [0.1, 0.15) is 23.6 Å². The van der Waals surface area contributed by atoms with E-state index >= 15 is 0 Å². The fourth-order valence-corrected chi connectivity index (χ4v) is 5.20. The predicted octanol–water partition coefficient (Wildman–Crippen LogP) is 6.86. The lowest BCUT2D eigenvalue weighted by molar-refractivity contribution is 0.761. The molecule has 0 aromatic heterocycles. The average molecular weight is 355 g/mol. The van der Waals surface area contributed by atoms with Gasteiger partial charge in [-0.2, -0.15) is 0 Å². The summed E-state index contributed by atoms with van der Waals surface area (Å²) in [5, 5.41) is 0. The van der Waals surface area contributed by atoms with Crippen molar-refractivity contribution < 1.29 is 0 Å². The minimum atomic E-state index is -0.0907. The van der Waals surface area contributed by atoms with Gasteiger partial charge in [-0.25, -0.2) is 0 Å². The summed E-state index contributed by atoms with van der Waals surface area (Å²) in [5.41, 5.74) is 5.33. The van der Waals surface area contributed by atoms with Crippen molar-refractivity contribution in [2.24, 2.45) is 0 Å². The summed E-state index contributed by atoms with van der Waals surface area (Å²) >= 11 is 1.97. The number of rotatable bonds is 4. The van der Waals surface area contributed by atoms with Gasteiger partial charge < -0.3 is 0 Å². The Kier molecular flexibility index (Phi) is 4.81. The third-order valence-electron chi connectivity index (χ3n) is 4.74. The topological polar surface area (TPSA) is 0 Å². The summed E-state index contributed by atoms with van der Waals surface area (Å²) in [5.74, 6) is 0. The van der Waals surface area contributed by atoms with Crippen LogP contribution in [0.15, 0.2) is 109 Å². The molecule has 0 bridgehead atoms. The lowest BCUT2D eigenvalue weighted by atomic mass is 9.88. The molecule has 0 amide bonds. The molecule has 0 saturated carbocycles. The van der Waals surface area contributed by atoms with Gasteiger partial charge in [-0.15, -0.1) is 11.8 Å². The Bertz CT molecular complexity index is 924. The van der Waals surface area contributed by atoms with Crippen molar-refractivity contribution in [2.45, 2.75) is 18.1 Å². The zero-order valence-corrected chi connectivity index (χ0v) is 15.7. The molecule has 26 heavy (non-hydrogen) atoms. The third kappa shape index (κ3) is 3.54. The van der Waals surface area contributed by atoms with Gasteiger partial charge in [-0.05, 0) is 36.1 Å². The van der Waals surface area contributed by atoms with Gasteiger partial charge in [-0.1, -0.05) is 103 Å². The molecule has 128 valence electrons. The molecule has 1 aliphatic heterocycles. The van der Waals surface area contributed by atoms with Crippen LogP contribution in [0.25, 0.3) is 4.91 Å². The Labute approximate surface area is 160 Å². The van der Waals surface area contributed by atoms with E-state index in [1.807, 2.05) is 11.8 Å². The Morgan fingerprint density at radius 3 is 1.96 bits per heavy atom. The normalized spacial score (nSPS) is 19.6. The second kappa shape index (κ2) is 7.39. The first-order valence-electron chi connectivity index (χ1n) is 9.00. The first-order valence-corrected chi connectivity index (χ1v) is 9.82. The summed E-state index contributed by atoms with van der Waals surface area (Å²) in [6.07, 6.45) is 5.72. The van der Waals surface area contributed by atoms with Crippen molar-refractivity contribution in [1.82, 2.24) is 0 Å². The summed E-state index contributed by atoms with van der Waals surface area (Å²) in [6.45, 7) is 2.21. The van der Waals surface area contributed by atoms with Crippen molar-refractivity contribution in [1.29, 1.82) is 0 Å². The Hall–Kier alpha value is -2.51. The van der Waals surface area contributed by atoms with Crippen LogP contribution >= 0.6 is 11.8 Å². The molecule has 1 unspecified atom stereocenters. The maximum Gasteiger partial charge on any atom is 0.0681 e. The van der Waals surface area contributed by atoms with Crippen LogP contribution in [0.3, 0.4) is 0 Å².